The number of rotatable bonds is 3. The molecule has 4 nitrogen and oxygen atoms in total. The number of aromatic nitrogens is 2. The summed E-state index contributed by atoms with van der Waals surface area (Å²) in [6.07, 6.45) is 4.59. The van der Waals surface area contributed by atoms with Gasteiger partial charge in [0.1, 0.15) is 11.3 Å². The predicted octanol–water partition coefficient (Wildman–Crippen LogP) is 2.17. The van der Waals surface area contributed by atoms with Crippen molar-refractivity contribution in [3.05, 3.63) is 35.8 Å². The van der Waals surface area contributed by atoms with Crippen LogP contribution in [0.5, 0.6) is 0 Å². The van der Waals surface area contributed by atoms with E-state index in [4.69, 9.17) is 0 Å². The summed E-state index contributed by atoms with van der Waals surface area (Å²) >= 11 is 0. The fourth-order valence-corrected chi connectivity index (χ4v) is 1.59. The van der Waals surface area contributed by atoms with E-state index in [1.54, 1.807) is 6.20 Å². The Labute approximate surface area is 101 Å². The molecule has 2 heterocycles. The van der Waals surface area contributed by atoms with Crippen LogP contribution in [-0.4, -0.2) is 21.3 Å². The van der Waals surface area contributed by atoms with Gasteiger partial charge in [0.25, 0.3) is 5.91 Å². The first kappa shape index (κ1) is 11.6. The third kappa shape index (κ3) is 2.46. The summed E-state index contributed by atoms with van der Waals surface area (Å²) < 4.78 is 1.86. The topological polar surface area (TPSA) is 46.4 Å². The van der Waals surface area contributed by atoms with E-state index in [1.807, 2.05) is 43.5 Å². The second-order valence-electron chi connectivity index (χ2n) is 4.38. The average molecular weight is 231 g/mol. The number of imidazole rings is 1. The number of fused-ring (bicyclic) bond motifs is 1. The number of carbonyl (C=O) groups is 1. The molecule has 0 aliphatic carbocycles. The summed E-state index contributed by atoms with van der Waals surface area (Å²) in [4.78, 5) is 16.2. The third-order valence-corrected chi connectivity index (χ3v) is 2.84. The summed E-state index contributed by atoms with van der Waals surface area (Å²) in [6.45, 7) is 6.03. The van der Waals surface area contributed by atoms with Gasteiger partial charge in [-0.15, -0.1) is 0 Å². The van der Waals surface area contributed by atoms with Crippen LogP contribution in [-0.2, 0) is 0 Å². The number of hydrogen-bond donors (Lipinski definition) is 1. The first-order chi connectivity index (χ1) is 8.10. The Morgan fingerprint density at radius 1 is 1.59 bits per heavy atom. The fourth-order valence-electron chi connectivity index (χ4n) is 1.59. The molecule has 1 N–H and O–H groups in total. The van der Waals surface area contributed by atoms with Gasteiger partial charge in [-0.2, -0.15) is 0 Å². The van der Waals surface area contributed by atoms with E-state index in [0.29, 0.717) is 5.69 Å². The lowest BCUT2D eigenvalue weighted by molar-refractivity contribution is 0.0935. The third-order valence-electron chi connectivity index (χ3n) is 2.84. The zero-order valence-corrected chi connectivity index (χ0v) is 10.4. The van der Waals surface area contributed by atoms with Crippen molar-refractivity contribution in [2.75, 3.05) is 0 Å². The summed E-state index contributed by atoms with van der Waals surface area (Å²) in [7, 11) is 0. The number of nitrogens with one attached hydrogen (secondary N) is 1. The Bertz CT molecular complexity index is 545. The molecule has 2 aromatic rings. The summed E-state index contributed by atoms with van der Waals surface area (Å²) in [5.41, 5.74) is 2.41. The maximum Gasteiger partial charge on any atom is 0.271 e. The molecule has 0 unspecified atom stereocenters. The molecule has 0 aliphatic heterocycles. The lowest BCUT2D eigenvalue weighted by Crippen LogP contribution is -2.32. The van der Waals surface area contributed by atoms with Crippen molar-refractivity contribution >= 4 is 11.6 Å². The molecule has 0 spiro atoms. The molecule has 0 radical (unpaired) electrons. The van der Waals surface area contributed by atoms with Crippen molar-refractivity contribution in [3.63, 3.8) is 0 Å². The van der Waals surface area contributed by atoms with E-state index < -0.39 is 0 Å². The van der Waals surface area contributed by atoms with Gasteiger partial charge in [-0.1, -0.05) is 6.92 Å². The van der Waals surface area contributed by atoms with E-state index in [1.165, 1.54) is 0 Å². The Kier molecular flexibility index (Phi) is 3.13. The van der Waals surface area contributed by atoms with Gasteiger partial charge < -0.3 is 9.72 Å². The Balaban J connectivity index is 2.27. The van der Waals surface area contributed by atoms with E-state index >= 15 is 0 Å². The largest absolute Gasteiger partial charge is 0.348 e. The van der Waals surface area contributed by atoms with Crippen molar-refractivity contribution in [1.29, 1.82) is 0 Å². The van der Waals surface area contributed by atoms with E-state index in [-0.39, 0.29) is 11.9 Å². The summed E-state index contributed by atoms with van der Waals surface area (Å²) in [5, 5.41) is 2.91. The highest BCUT2D eigenvalue weighted by molar-refractivity contribution is 5.93. The highest BCUT2D eigenvalue weighted by Crippen LogP contribution is 2.07. The van der Waals surface area contributed by atoms with Crippen LogP contribution in [0.4, 0.5) is 0 Å². The van der Waals surface area contributed by atoms with Crippen LogP contribution in [0.3, 0.4) is 0 Å². The van der Waals surface area contributed by atoms with Crippen molar-refractivity contribution in [3.8, 4) is 0 Å². The Hall–Kier alpha value is -1.84. The number of aryl methyl sites for hydroxylation is 1. The molecule has 2 aromatic heterocycles. The first-order valence-electron chi connectivity index (χ1n) is 5.86. The summed E-state index contributed by atoms with van der Waals surface area (Å²) in [6, 6.07) is 4.12. The molecule has 1 amide bonds. The molecule has 0 fully saturated rings. The molecular formula is C13H17N3O. The Morgan fingerprint density at radius 3 is 3.06 bits per heavy atom. The van der Waals surface area contributed by atoms with Gasteiger partial charge in [0, 0.05) is 18.4 Å². The number of nitrogens with zero attached hydrogens (tertiary/aromatic N) is 2. The minimum Gasteiger partial charge on any atom is -0.348 e. The van der Waals surface area contributed by atoms with Gasteiger partial charge in [0.2, 0.25) is 0 Å². The quantitative estimate of drug-likeness (QED) is 0.880. The Morgan fingerprint density at radius 2 is 2.35 bits per heavy atom. The van der Waals surface area contributed by atoms with Crippen molar-refractivity contribution in [2.24, 2.45) is 0 Å². The van der Waals surface area contributed by atoms with Crippen molar-refractivity contribution < 1.29 is 4.79 Å². The molecule has 2 rings (SSSR count). The van der Waals surface area contributed by atoms with Gasteiger partial charge in [-0.25, -0.2) is 4.98 Å². The van der Waals surface area contributed by atoms with Crippen LogP contribution in [0, 0.1) is 6.92 Å². The molecule has 0 bridgehead atoms. The van der Waals surface area contributed by atoms with Crippen LogP contribution >= 0.6 is 0 Å². The standard InChI is InChI=1S/C13H17N3O/c1-4-10(3)14-13(17)11-8-16-6-5-9(2)7-12(16)15-11/h5-8,10H,4H2,1-3H3,(H,14,17)/t10-/m0/s1. The van der Waals surface area contributed by atoms with Gasteiger partial charge in [-0.3, -0.25) is 4.79 Å². The van der Waals surface area contributed by atoms with Crippen LogP contribution < -0.4 is 5.32 Å². The van der Waals surface area contributed by atoms with E-state index in [9.17, 15) is 4.79 Å². The first-order valence-corrected chi connectivity index (χ1v) is 5.86. The zero-order valence-electron chi connectivity index (χ0n) is 10.4. The molecule has 0 aliphatic rings. The predicted molar refractivity (Wildman–Crippen MR) is 67.1 cm³/mol. The van der Waals surface area contributed by atoms with Crippen molar-refractivity contribution in [1.82, 2.24) is 14.7 Å². The van der Waals surface area contributed by atoms with Gasteiger partial charge >= 0.3 is 0 Å². The maximum absolute atomic E-state index is 11.9. The fraction of sp³-hybridized carbons (Fsp3) is 0.385. The molecule has 0 saturated heterocycles. The lowest BCUT2D eigenvalue weighted by Gasteiger charge is -2.08. The minimum atomic E-state index is -0.110. The molecule has 17 heavy (non-hydrogen) atoms. The number of hydrogen-bond acceptors (Lipinski definition) is 2. The normalized spacial score (nSPS) is 12.6. The van der Waals surface area contributed by atoms with Gasteiger partial charge in [0.15, 0.2) is 0 Å². The number of amides is 1. The second-order valence-corrected chi connectivity index (χ2v) is 4.38. The van der Waals surface area contributed by atoms with Crippen molar-refractivity contribution in [2.45, 2.75) is 33.2 Å². The molecule has 90 valence electrons. The molecule has 0 aromatic carbocycles. The summed E-state index contributed by atoms with van der Waals surface area (Å²) in [5.74, 6) is -0.110. The van der Waals surface area contributed by atoms with Crippen LogP contribution in [0.2, 0.25) is 0 Å². The highest BCUT2D eigenvalue weighted by atomic mass is 16.1. The molecular weight excluding hydrogens is 214 g/mol. The second kappa shape index (κ2) is 4.57. The molecule has 1 atom stereocenters. The monoisotopic (exact) mass is 231 g/mol. The number of carbonyl (C=O) groups excluding carboxylic acids is 1. The average Bonchev–Trinajstić information content (AvgIpc) is 2.71. The number of pyridine rings is 1. The van der Waals surface area contributed by atoms with Crippen LogP contribution in [0.25, 0.3) is 5.65 Å². The minimum absolute atomic E-state index is 0.110. The highest BCUT2D eigenvalue weighted by Gasteiger charge is 2.12. The van der Waals surface area contributed by atoms with Gasteiger partial charge in [0.05, 0.1) is 0 Å². The lowest BCUT2D eigenvalue weighted by atomic mass is 10.2. The SMILES string of the molecule is CC[C@H](C)NC(=O)c1cn2ccc(C)cc2n1. The van der Waals surface area contributed by atoms with E-state index in [0.717, 1.165) is 17.6 Å². The van der Waals surface area contributed by atoms with Gasteiger partial charge in [-0.05, 0) is 38.0 Å². The molecule has 4 heteroatoms. The smallest absolute Gasteiger partial charge is 0.271 e. The zero-order chi connectivity index (χ0) is 12.4. The maximum atomic E-state index is 11.9. The van der Waals surface area contributed by atoms with E-state index in [2.05, 4.69) is 10.3 Å². The molecule has 0 saturated carbocycles. The van der Waals surface area contributed by atoms with Crippen LogP contribution in [0.15, 0.2) is 24.5 Å². The van der Waals surface area contributed by atoms with Crippen LogP contribution in [0.1, 0.15) is 36.3 Å².